The van der Waals surface area contributed by atoms with Gasteiger partial charge in [-0.25, -0.2) is 0 Å². The lowest BCUT2D eigenvalue weighted by Crippen LogP contribution is -2.60. The van der Waals surface area contributed by atoms with E-state index in [1.54, 1.807) is 6.08 Å². The lowest BCUT2D eigenvalue weighted by molar-refractivity contribution is -0.302. The van der Waals surface area contributed by atoms with E-state index in [-0.39, 0.29) is 12.5 Å². The maximum atomic E-state index is 13.0. The number of aliphatic hydroxyl groups excluding tert-OH is 5. The molecular formula is C52H97NO8. The first-order chi connectivity index (χ1) is 29.8. The van der Waals surface area contributed by atoms with Crippen molar-refractivity contribution in [3.05, 3.63) is 36.5 Å². The lowest BCUT2D eigenvalue weighted by Gasteiger charge is -2.40. The predicted octanol–water partition coefficient (Wildman–Crippen LogP) is 11.6. The molecule has 1 heterocycles. The smallest absolute Gasteiger partial charge is 0.220 e. The topological polar surface area (TPSA) is 149 Å². The Morgan fingerprint density at radius 1 is 0.541 bits per heavy atom. The van der Waals surface area contributed by atoms with Gasteiger partial charge in [0, 0.05) is 6.42 Å². The number of allylic oxidation sites excluding steroid dienone is 5. The van der Waals surface area contributed by atoms with Crippen LogP contribution in [0, 0.1) is 0 Å². The van der Waals surface area contributed by atoms with Gasteiger partial charge in [-0.1, -0.05) is 204 Å². The average molecular weight is 864 g/mol. The number of carbonyl (C=O) groups excluding carboxylic acids is 1. The Balaban J connectivity index is 2.29. The fourth-order valence-corrected chi connectivity index (χ4v) is 8.05. The monoisotopic (exact) mass is 864 g/mol. The van der Waals surface area contributed by atoms with E-state index >= 15 is 0 Å². The van der Waals surface area contributed by atoms with Crippen molar-refractivity contribution in [1.82, 2.24) is 5.32 Å². The normalized spacial score (nSPS) is 20.7. The highest BCUT2D eigenvalue weighted by molar-refractivity contribution is 5.76. The summed E-state index contributed by atoms with van der Waals surface area (Å²) in [5, 5.41) is 54.3. The van der Waals surface area contributed by atoms with E-state index in [0.29, 0.717) is 6.42 Å². The average Bonchev–Trinajstić information content (AvgIpc) is 3.26. The molecule has 1 rings (SSSR count). The molecule has 1 saturated heterocycles. The third kappa shape index (κ3) is 32.7. The minimum atomic E-state index is -1.57. The second-order valence-electron chi connectivity index (χ2n) is 18.0. The number of unbranched alkanes of at least 4 members (excludes halogenated alkanes) is 29. The molecule has 1 fully saturated rings. The van der Waals surface area contributed by atoms with Crippen molar-refractivity contribution < 1.29 is 39.8 Å². The Morgan fingerprint density at radius 2 is 0.934 bits per heavy atom. The maximum absolute atomic E-state index is 13.0. The molecule has 0 aromatic rings. The molecule has 0 aliphatic carbocycles. The Morgan fingerprint density at radius 3 is 1.38 bits per heavy atom. The van der Waals surface area contributed by atoms with Crippen molar-refractivity contribution in [2.45, 2.75) is 275 Å². The molecule has 0 aromatic heterocycles. The molecule has 0 spiro atoms. The first-order valence-corrected chi connectivity index (χ1v) is 25.7. The van der Waals surface area contributed by atoms with Gasteiger partial charge in [-0.05, 0) is 57.8 Å². The fourth-order valence-electron chi connectivity index (χ4n) is 8.05. The Kier molecular flexibility index (Phi) is 39.9. The standard InChI is InChI=1S/C52H97NO8/c1-3-5-7-9-11-13-15-17-19-20-21-22-23-24-25-26-28-30-32-34-36-38-40-42-48(56)53-45(44-60-52-51(59)50(58)49(57)47(43-54)61-52)46(55)41-39-37-35-33-31-29-27-18-16-14-12-10-8-6-4-2/h24-25,31,33,39,41,45-47,49-52,54-55,57-59H,3-23,26-30,32,34-38,40,42-44H2,1-2H3,(H,53,56)/b25-24-,33-31+,41-39+. The van der Waals surface area contributed by atoms with Crippen molar-refractivity contribution in [2.24, 2.45) is 0 Å². The maximum Gasteiger partial charge on any atom is 0.220 e. The molecule has 6 N–H and O–H groups in total. The van der Waals surface area contributed by atoms with Crippen LogP contribution in [0.4, 0.5) is 0 Å². The van der Waals surface area contributed by atoms with Crippen molar-refractivity contribution >= 4 is 5.91 Å². The summed E-state index contributed by atoms with van der Waals surface area (Å²) in [7, 11) is 0. The van der Waals surface area contributed by atoms with Crippen LogP contribution in [0.25, 0.3) is 0 Å². The SMILES string of the molecule is CCCCCCCCCCC/C=C/CC/C=C/C(O)C(COC1OC(CO)C(O)C(O)C1O)NC(=O)CCCCCCCCC/C=C\CCCCCCCCCCCCCC. The highest BCUT2D eigenvalue weighted by Crippen LogP contribution is 2.23. The first kappa shape index (κ1) is 57.4. The van der Waals surface area contributed by atoms with Gasteiger partial charge in [0.1, 0.15) is 24.4 Å². The molecule has 0 bridgehead atoms. The van der Waals surface area contributed by atoms with Crippen LogP contribution in [-0.2, 0) is 14.3 Å². The molecular weight excluding hydrogens is 767 g/mol. The van der Waals surface area contributed by atoms with Gasteiger partial charge in [0.25, 0.3) is 0 Å². The largest absolute Gasteiger partial charge is 0.394 e. The summed E-state index contributed by atoms with van der Waals surface area (Å²) >= 11 is 0. The minimum absolute atomic E-state index is 0.190. The third-order valence-corrected chi connectivity index (χ3v) is 12.2. The highest BCUT2D eigenvalue weighted by Gasteiger charge is 2.44. The van der Waals surface area contributed by atoms with Gasteiger partial charge in [-0.15, -0.1) is 0 Å². The molecule has 9 heteroatoms. The number of hydrogen-bond donors (Lipinski definition) is 6. The summed E-state index contributed by atoms with van der Waals surface area (Å²) in [6.07, 6.45) is 46.3. The second-order valence-corrected chi connectivity index (χ2v) is 18.0. The van der Waals surface area contributed by atoms with Crippen molar-refractivity contribution in [1.29, 1.82) is 0 Å². The van der Waals surface area contributed by atoms with E-state index in [0.717, 1.165) is 51.4 Å². The predicted molar refractivity (Wildman–Crippen MR) is 253 cm³/mol. The van der Waals surface area contributed by atoms with Gasteiger partial charge in [-0.3, -0.25) is 4.79 Å². The van der Waals surface area contributed by atoms with E-state index in [1.807, 2.05) is 6.08 Å². The number of ether oxygens (including phenoxy) is 2. The minimum Gasteiger partial charge on any atom is -0.394 e. The molecule has 1 aliphatic heterocycles. The summed E-state index contributed by atoms with van der Waals surface area (Å²) in [4.78, 5) is 13.0. The van der Waals surface area contributed by atoms with Crippen LogP contribution in [0.1, 0.15) is 232 Å². The Bertz CT molecular complexity index is 1050. The van der Waals surface area contributed by atoms with Gasteiger partial charge in [0.05, 0.1) is 25.4 Å². The Hall–Kier alpha value is -1.59. The zero-order valence-corrected chi connectivity index (χ0v) is 39.4. The molecule has 1 aliphatic rings. The summed E-state index contributed by atoms with van der Waals surface area (Å²) in [6, 6.07) is -0.822. The number of aliphatic hydroxyl groups is 5. The Labute approximate surface area is 374 Å². The molecule has 1 amide bonds. The molecule has 0 aromatic carbocycles. The van der Waals surface area contributed by atoms with Gasteiger partial charge in [0.2, 0.25) is 5.91 Å². The molecule has 7 unspecified atom stereocenters. The van der Waals surface area contributed by atoms with Crippen LogP contribution in [0.5, 0.6) is 0 Å². The summed E-state index contributed by atoms with van der Waals surface area (Å²) in [5.74, 6) is -0.190. The van der Waals surface area contributed by atoms with E-state index in [4.69, 9.17) is 9.47 Å². The van der Waals surface area contributed by atoms with Crippen molar-refractivity contribution in [3.8, 4) is 0 Å². The molecule has 0 radical (unpaired) electrons. The van der Waals surface area contributed by atoms with Crippen molar-refractivity contribution in [3.63, 3.8) is 0 Å². The molecule has 358 valence electrons. The van der Waals surface area contributed by atoms with Crippen LogP contribution in [0.3, 0.4) is 0 Å². The summed E-state index contributed by atoms with van der Waals surface area (Å²) in [5.41, 5.74) is 0. The summed E-state index contributed by atoms with van der Waals surface area (Å²) < 4.78 is 11.2. The zero-order valence-electron chi connectivity index (χ0n) is 39.4. The fraction of sp³-hybridized carbons (Fsp3) is 0.865. The number of amides is 1. The first-order valence-electron chi connectivity index (χ1n) is 25.7. The van der Waals surface area contributed by atoms with Gasteiger partial charge >= 0.3 is 0 Å². The van der Waals surface area contributed by atoms with Crippen LogP contribution in [0.2, 0.25) is 0 Å². The van der Waals surface area contributed by atoms with Crippen LogP contribution >= 0.6 is 0 Å². The second kappa shape index (κ2) is 42.4. The van der Waals surface area contributed by atoms with Crippen LogP contribution in [0.15, 0.2) is 36.5 Å². The molecule has 61 heavy (non-hydrogen) atoms. The quantitative estimate of drug-likeness (QED) is 0.0262. The van der Waals surface area contributed by atoms with E-state index in [2.05, 4.69) is 43.5 Å². The van der Waals surface area contributed by atoms with Crippen molar-refractivity contribution in [2.75, 3.05) is 13.2 Å². The number of carbonyl (C=O) groups is 1. The van der Waals surface area contributed by atoms with Gasteiger partial charge < -0.3 is 40.3 Å². The molecule has 7 atom stereocenters. The van der Waals surface area contributed by atoms with Crippen LogP contribution < -0.4 is 5.32 Å². The van der Waals surface area contributed by atoms with Crippen LogP contribution in [-0.4, -0.2) is 87.5 Å². The third-order valence-electron chi connectivity index (χ3n) is 12.2. The number of hydrogen-bond acceptors (Lipinski definition) is 8. The van der Waals surface area contributed by atoms with E-state index in [1.165, 1.54) is 161 Å². The summed E-state index contributed by atoms with van der Waals surface area (Å²) in [6.45, 7) is 3.76. The number of nitrogens with one attached hydrogen (secondary N) is 1. The van der Waals surface area contributed by atoms with E-state index < -0.39 is 49.5 Å². The van der Waals surface area contributed by atoms with Gasteiger partial charge in [0.15, 0.2) is 6.29 Å². The number of rotatable bonds is 43. The zero-order chi connectivity index (χ0) is 44.4. The molecule has 0 saturated carbocycles. The molecule has 9 nitrogen and oxygen atoms in total. The lowest BCUT2D eigenvalue weighted by atomic mass is 9.99. The highest BCUT2D eigenvalue weighted by atomic mass is 16.7. The van der Waals surface area contributed by atoms with E-state index in [9.17, 15) is 30.3 Å². The van der Waals surface area contributed by atoms with Gasteiger partial charge in [-0.2, -0.15) is 0 Å².